The van der Waals surface area contributed by atoms with Gasteiger partial charge in [-0.05, 0) is 43.7 Å². The van der Waals surface area contributed by atoms with Crippen LogP contribution in [-0.2, 0) is 11.3 Å². The van der Waals surface area contributed by atoms with Crippen LogP contribution in [0.25, 0.3) is 0 Å². The largest absolute Gasteiger partial charge is 0.373 e. The minimum absolute atomic E-state index is 0.0677. The van der Waals surface area contributed by atoms with Gasteiger partial charge in [-0.1, -0.05) is 6.07 Å². The van der Waals surface area contributed by atoms with E-state index in [0.717, 1.165) is 50.8 Å². The Bertz CT molecular complexity index is 593. The smallest absolute Gasteiger partial charge is 0.317 e. The zero-order chi connectivity index (χ0) is 17.8. The molecule has 3 aliphatic rings. The zero-order valence-corrected chi connectivity index (χ0v) is 15.0. The van der Waals surface area contributed by atoms with Crippen molar-refractivity contribution in [3.8, 4) is 0 Å². The van der Waals surface area contributed by atoms with Gasteiger partial charge in [-0.3, -0.25) is 4.98 Å². The van der Waals surface area contributed by atoms with Gasteiger partial charge in [0.1, 0.15) is 0 Å². The minimum Gasteiger partial charge on any atom is -0.373 e. The van der Waals surface area contributed by atoms with Crippen LogP contribution in [-0.4, -0.2) is 53.2 Å². The number of amides is 2. The maximum Gasteiger partial charge on any atom is 0.317 e. The molecule has 0 bridgehead atoms. The quantitative estimate of drug-likeness (QED) is 0.631. The minimum atomic E-state index is 0.0677. The highest BCUT2D eigenvalue weighted by atomic mass is 16.5. The molecule has 3 unspecified atom stereocenters. The number of aromatic nitrogens is 1. The van der Waals surface area contributed by atoms with Gasteiger partial charge in [0.2, 0.25) is 0 Å². The fourth-order valence-electron chi connectivity index (χ4n) is 4.05. The molecule has 1 aromatic rings. The van der Waals surface area contributed by atoms with E-state index in [1.165, 1.54) is 0 Å². The summed E-state index contributed by atoms with van der Waals surface area (Å²) in [5.41, 5.74) is 10.5. The Hall–Kier alpha value is -1.74. The van der Waals surface area contributed by atoms with Crippen molar-refractivity contribution in [1.29, 1.82) is 0 Å². The van der Waals surface area contributed by atoms with Crippen LogP contribution in [0.15, 0.2) is 24.5 Å². The van der Waals surface area contributed by atoms with Crippen molar-refractivity contribution in [3.05, 3.63) is 30.1 Å². The summed E-state index contributed by atoms with van der Waals surface area (Å²) in [6.07, 6.45) is 8.64. The number of rotatable bonds is 4. The lowest BCUT2D eigenvalue weighted by Crippen LogP contribution is -2.52. The predicted octanol–water partition coefficient (Wildman–Crippen LogP) is 0.674. The molecular formula is C18H28N6O2. The summed E-state index contributed by atoms with van der Waals surface area (Å²) in [4.78, 5) is 18.6. The lowest BCUT2D eigenvalue weighted by molar-refractivity contribution is 0.00408. The van der Waals surface area contributed by atoms with Crippen LogP contribution in [0.5, 0.6) is 0 Å². The fraction of sp³-hybridized carbons (Fsp3) is 0.667. The highest BCUT2D eigenvalue weighted by molar-refractivity contribution is 5.74. The lowest BCUT2D eigenvalue weighted by Gasteiger charge is -2.35. The molecule has 0 aromatic carbocycles. The third-order valence-electron chi connectivity index (χ3n) is 5.63. The van der Waals surface area contributed by atoms with E-state index < -0.39 is 0 Å². The van der Waals surface area contributed by atoms with E-state index in [2.05, 4.69) is 26.7 Å². The normalized spacial score (nSPS) is 29.4. The molecular weight excluding hydrogens is 332 g/mol. The van der Waals surface area contributed by atoms with Crippen molar-refractivity contribution in [2.24, 2.45) is 0 Å². The summed E-state index contributed by atoms with van der Waals surface area (Å²) in [5.74, 6) is 0. The average molecular weight is 360 g/mol. The van der Waals surface area contributed by atoms with Crippen LogP contribution in [0.2, 0.25) is 0 Å². The Morgan fingerprint density at radius 1 is 1.23 bits per heavy atom. The molecule has 142 valence electrons. The molecule has 1 aliphatic carbocycles. The van der Waals surface area contributed by atoms with Crippen LogP contribution in [0.4, 0.5) is 4.79 Å². The van der Waals surface area contributed by atoms with Gasteiger partial charge < -0.3 is 15.0 Å². The highest BCUT2D eigenvalue weighted by Gasteiger charge is 2.35. The van der Waals surface area contributed by atoms with Crippen LogP contribution in [0.3, 0.4) is 0 Å². The molecule has 8 nitrogen and oxygen atoms in total. The molecule has 2 saturated heterocycles. The third kappa shape index (κ3) is 4.32. The summed E-state index contributed by atoms with van der Waals surface area (Å²) in [5, 5.41) is 3.22. The van der Waals surface area contributed by atoms with E-state index in [9.17, 15) is 4.79 Å². The van der Waals surface area contributed by atoms with Gasteiger partial charge in [0, 0.05) is 43.6 Å². The third-order valence-corrected chi connectivity index (χ3v) is 5.63. The summed E-state index contributed by atoms with van der Waals surface area (Å²) in [7, 11) is 0. The van der Waals surface area contributed by atoms with Crippen molar-refractivity contribution in [1.82, 2.24) is 31.6 Å². The lowest BCUT2D eigenvalue weighted by atomic mass is 9.88. The van der Waals surface area contributed by atoms with E-state index in [0.29, 0.717) is 18.7 Å². The number of urea groups is 1. The first kappa shape index (κ1) is 17.7. The number of ether oxygens (including phenoxy) is 1. The summed E-state index contributed by atoms with van der Waals surface area (Å²) >= 11 is 0. The first-order valence-electron chi connectivity index (χ1n) is 9.60. The van der Waals surface area contributed by atoms with Crippen LogP contribution >= 0.6 is 0 Å². The number of carbonyl (C=O) groups excluding carboxylic acids is 1. The van der Waals surface area contributed by atoms with Gasteiger partial charge in [-0.2, -0.15) is 5.53 Å². The second-order valence-corrected chi connectivity index (χ2v) is 7.44. The van der Waals surface area contributed by atoms with E-state index in [-0.39, 0.29) is 18.2 Å². The number of likely N-dealkylation sites (tertiary alicyclic amines) is 1. The molecule has 3 fully saturated rings. The Morgan fingerprint density at radius 2 is 2.08 bits per heavy atom. The molecule has 0 spiro atoms. The molecule has 0 radical (unpaired) electrons. The number of hydrogen-bond donors (Lipinski definition) is 4. The first-order valence-corrected chi connectivity index (χ1v) is 9.60. The van der Waals surface area contributed by atoms with Crippen molar-refractivity contribution in [2.45, 2.75) is 62.9 Å². The molecule has 2 aliphatic heterocycles. The number of nitrogens with zero attached hydrogens (tertiary/aromatic N) is 2. The van der Waals surface area contributed by atoms with Gasteiger partial charge >= 0.3 is 6.03 Å². The van der Waals surface area contributed by atoms with Crippen molar-refractivity contribution in [2.75, 3.05) is 13.1 Å². The maximum absolute atomic E-state index is 12.6. The summed E-state index contributed by atoms with van der Waals surface area (Å²) in [6, 6.07) is 5.12. The van der Waals surface area contributed by atoms with E-state index >= 15 is 0 Å². The Balaban J connectivity index is 1.17. The van der Waals surface area contributed by atoms with Crippen molar-refractivity contribution in [3.63, 3.8) is 0 Å². The van der Waals surface area contributed by atoms with E-state index in [1.54, 1.807) is 6.20 Å². The van der Waals surface area contributed by atoms with Crippen molar-refractivity contribution >= 4 is 6.03 Å². The van der Waals surface area contributed by atoms with E-state index in [1.807, 2.05) is 23.2 Å². The molecule has 8 heteroatoms. The molecule has 26 heavy (non-hydrogen) atoms. The maximum atomic E-state index is 12.6. The molecule has 3 atom stereocenters. The highest BCUT2D eigenvalue weighted by Crippen LogP contribution is 2.21. The average Bonchev–Trinajstić information content (AvgIpc) is 3.15. The zero-order valence-electron chi connectivity index (χ0n) is 15.0. The van der Waals surface area contributed by atoms with Crippen LogP contribution in [0, 0.1) is 0 Å². The summed E-state index contributed by atoms with van der Waals surface area (Å²) in [6.45, 7) is 2.09. The molecule has 2 amide bonds. The van der Waals surface area contributed by atoms with E-state index in [4.69, 9.17) is 4.74 Å². The van der Waals surface area contributed by atoms with Crippen molar-refractivity contribution < 1.29 is 9.53 Å². The van der Waals surface area contributed by atoms with Crippen LogP contribution in [0.1, 0.15) is 37.7 Å². The Morgan fingerprint density at radius 3 is 2.88 bits per heavy atom. The number of hydrogen-bond acceptors (Lipinski definition) is 6. The number of hydrazine groups is 2. The second-order valence-electron chi connectivity index (χ2n) is 7.44. The molecule has 4 N–H and O–H groups in total. The number of fused-ring (bicyclic) bond motifs is 1. The Kier molecular flexibility index (Phi) is 5.64. The SMILES string of the molecule is O=C(NC1CCC2NNNC2C1)N1CCC(OCc2cccnc2)CC1. The first-order chi connectivity index (χ1) is 12.8. The number of nitrogens with one attached hydrogen (secondary N) is 4. The molecule has 1 saturated carbocycles. The summed E-state index contributed by atoms with van der Waals surface area (Å²) < 4.78 is 5.97. The fourth-order valence-corrected chi connectivity index (χ4v) is 4.05. The van der Waals surface area contributed by atoms with Gasteiger partial charge in [0.05, 0.1) is 12.7 Å². The molecule has 3 heterocycles. The van der Waals surface area contributed by atoms with Gasteiger partial charge in [-0.25, -0.2) is 15.6 Å². The topological polar surface area (TPSA) is 90.5 Å². The van der Waals surface area contributed by atoms with Gasteiger partial charge in [0.25, 0.3) is 0 Å². The molecule has 1 aromatic heterocycles. The number of carbonyl (C=O) groups is 1. The van der Waals surface area contributed by atoms with Crippen LogP contribution < -0.4 is 21.7 Å². The van der Waals surface area contributed by atoms with Gasteiger partial charge in [0.15, 0.2) is 0 Å². The predicted molar refractivity (Wildman–Crippen MR) is 96.8 cm³/mol. The standard InChI is InChI=1S/C18H28N6O2/c25-18(20-14-3-4-16-17(10-14)22-23-21-16)24-8-5-15(6-9-24)26-12-13-2-1-7-19-11-13/h1-2,7,11,14-17,21-23H,3-6,8-10,12H2,(H,20,25). The van der Waals surface area contributed by atoms with Gasteiger partial charge in [-0.15, -0.1) is 0 Å². The monoisotopic (exact) mass is 360 g/mol. The Labute approximate surface area is 154 Å². The number of piperidine rings is 1. The number of pyridine rings is 1. The second kappa shape index (κ2) is 8.30. The molecule has 4 rings (SSSR count).